The molecule has 1 aromatic carbocycles. The molecule has 124 valence electrons. The predicted molar refractivity (Wildman–Crippen MR) is 95.6 cm³/mol. The number of rotatable bonds is 5. The Morgan fingerprint density at radius 1 is 1.25 bits per heavy atom. The lowest BCUT2D eigenvalue weighted by Gasteiger charge is -2.11. The average molecular weight is 342 g/mol. The second kappa shape index (κ2) is 6.88. The SMILES string of the molecule is CCOC(=O)c1cc2ccsc2n1CC(=O)Nc1ccccc1C. The van der Waals surface area contributed by atoms with Crippen molar-refractivity contribution in [1.82, 2.24) is 4.57 Å². The number of hydrogen-bond acceptors (Lipinski definition) is 4. The van der Waals surface area contributed by atoms with Gasteiger partial charge in [-0.15, -0.1) is 11.3 Å². The van der Waals surface area contributed by atoms with Crippen LogP contribution in [-0.2, 0) is 16.1 Å². The van der Waals surface area contributed by atoms with Gasteiger partial charge in [0.2, 0.25) is 5.91 Å². The molecular weight excluding hydrogens is 324 g/mol. The van der Waals surface area contributed by atoms with Crippen LogP contribution in [0.2, 0.25) is 0 Å². The minimum Gasteiger partial charge on any atom is -0.461 e. The highest BCUT2D eigenvalue weighted by Crippen LogP contribution is 2.26. The smallest absolute Gasteiger partial charge is 0.355 e. The van der Waals surface area contributed by atoms with Crippen LogP contribution in [-0.4, -0.2) is 23.1 Å². The van der Waals surface area contributed by atoms with E-state index in [1.165, 1.54) is 11.3 Å². The van der Waals surface area contributed by atoms with Crippen molar-refractivity contribution in [2.24, 2.45) is 0 Å². The number of aryl methyl sites for hydroxylation is 1. The Bertz CT molecular complexity index is 895. The monoisotopic (exact) mass is 342 g/mol. The van der Waals surface area contributed by atoms with E-state index >= 15 is 0 Å². The Kier molecular flexibility index (Phi) is 4.66. The molecule has 0 saturated heterocycles. The molecule has 0 aliphatic carbocycles. The maximum Gasteiger partial charge on any atom is 0.355 e. The van der Waals surface area contributed by atoms with Crippen LogP contribution in [0.3, 0.4) is 0 Å². The molecule has 0 fully saturated rings. The number of benzene rings is 1. The van der Waals surface area contributed by atoms with Gasteiger partial charge in [0.15, 0.2) is 0 Å². The van der Waals surface area contributed by atoms with Crippen molar-refractivity contribution in [3.63, 3.8) is 0 Å². The molecule has 2 aromatic heterocycles. The minimum atomic E-state index is -0.412. The van der Waals surface area contributed by atoms with E-state index in [4.69, 9.17) is 4.74 Å². The summed E-state index contributed by atoms with van der Waals surface area (Å²) in [4.78, 5) is 25.5. The van der Waals surface area contributed by atoms with E-state index in [-0.39, 0.29) is 12.5 Å². The summed E-state index contributed by atoms with van der Waals surface area (Å²) in [6.07, 6.45) is 0. The highest BCUT2D eigenvalue weighted by molar-refractivity contribution is 7.16. The average Bonchev–Trinajstić information content (AvgIpc) is 3.12. The van der Waals surface area contributed by atoms with E-state index in [0.717, 1.165) is 21.5 Å². The van der Waals surface area contributed by atoms with Crippen molar-refractivity contribution in [1.29, 1.82) is 0 Å². The molecule has 1 N–H and O–H groups in total. The number of anilines is 1. The second-order valence-corrected chi connectivity index (χ2v) is 6.27. The highest BCUT2D eigenvalue weighted by atomic mass is 32.1. The number of carbonyl (C=O) groups excluding carboxylic acids is 2. The van der Waals surface area contributed by atoms with Gasteiger partial charge in [-0.05, 0) is 43.0 Å². The summed E-state index contributed by atoms with van der Waals surface area (Å²) in [5.41, 5.74) is 2.17. The third-order valence-electron chi connectivity index (χ3n) is 3.71. The quantitative estimate of drug-likeness (QED) is 0.717. The molecule has 0 radical (unpaired) electrons. The molecule has 0 spiro atoms. The predicted octanol–water partition coefficient (Wildman–Crippen LogP) is 3.83. The van der Waals surface area contributed by atoms with Gasteiger partial charge in [-0.25, -0.2) is 4.79 Å². The first kappa shape index (κ1) is 16.3. The Morgan fingerprint density at radius 3 is 2.79 bits per heavy atom. The molecule has 24 heavy (non-hydrogen) atoms. The molecule has 0 bridgehead atoms. The Labute approximate surface area is 143 Å². The molecule has 3 aromatic rings. The number of hydrogen-bond donors (Lipinski definition) is 1. The number of carbonyl (C=O) groups is 2. The molecule has 5 nitrogen and oxygen atoms in total. The fourth-order valence-corrected chi connectivity index (χ4v) is 3.45. The lowest BCUT2D eigenvalue weighted by Crippen LogP contribution is -2.22. The van der Waals surface area contributed by atoms with Gasteiger partial charge < -0.3 is 14.6 Å². The lowest BCUT2D eigenvalue weighted by atomic mass is 10.2. The van der Waals surface area contributed by atoms with Crippen LogP contribution < -0.4 is 5.32 Å². The van der Waals surface area contributed by atoms with Crippen molar-refractivity contribution < 1.29 is 14.3 Å². The zero-order valence-electron chi connectivity index (χ0n) is 13.5. The first-order valence-corrected chi connectivity index (χ1v) is 8.57. The number of nitrogens with one attached hydrogen (secondary N) is 1. The van der Waals surface area contributed by atoms with Crippen LogP contribution in [0.4, 0.5) is 5.69 Å². The minimum absolute atomic E-state index is 0.0620. The van der Waals surface area contributed by atoms with Gasteiger partial charge in [-0.3, -0.25) is 4.79 Å². The zero-order valence-corrected chi connectivity index (χ0v) is 14.4. The van der Waals surface area contributed by atoms with Crippen LogP contribution in [0.25, 0.3) is 10.2 Å². The van der Waals surface area contributed by atoms with Crippen LogP contribution in [0.1, 0.15) is 23.0 Å². The fourth-order valence-electron chi connectivity index (χ4n) is 2.55. The third kappa shape index (κ3) is 3.19. The Hall–Kier alpha value is -2.60. The summed E-state index contributed by atoms with van der Waals surface area (Å²) in [7, 11) is 0. The van der Waals surface area contributed by atoms with Gasteiger partial charge >= 0.3 is 5.97 Å². The Morgan fingerprint density at radius 2 is 2.04 bits per heavy atom. The summed E-state index contributed by atoms with van der Waals surface area (Å²) in [6, 6.07) is 11.3. The summed E-state index contributed by atoms with van der Waals surface area (Å²) in [6.45, 7) is 4.06. The van der Waals surface area contributed by atoms with Gasteiger partial charge in [0, 0.05) is 11.1 Å². The summed E-state index contributed by atoms with van der Waals surface area (Å²) < 4.78 is 6.81. The molecule has 6 heteroatoms. The van der Waals surface area contributed by atoms with E-state index in [0.29, 0.717) is 12.3 Å². The van der Waals surface area contributed by atoms with Gasteiger partial charge in [0.1, 0.15) is 17.1 Å². The molecule has 2 heterocycles. The topological polar surface area (TPSA) is 60.3 Å². The number of fused-ring (bicyclic) bond motifs is 1. The Balaban J connectivity index is 1.87. The number of thiophene rings is 1. The van der Waals surface area contributed by atoms with E-state index in [1.54, 1.807) is 17.6 Å². The number of nitrogens with zero attached hydrogens (tertiary/aromatic N) is 1. The molecule has 1 amide bonds. The molecule has 3 rings (SSSR count). The standard InChI is InChI=1S/C18H18N2O3S/c1-3-23-18(22)15-10-13-8-9-24-17(13)20(15)11-16(21)19-14-7-5-4-6-12(14)2/h4-10H,3,11H2,1-2H3,(H,19,21). The van der Waals surface area contributed by atoms with Crippen LogP contribution in [0, 0.1) is 6.92 Å². The van der Waals surface area contributed by atoms with Gasteiger partial charge in [-0.1, -0.05) is 18.2 Å². The molecule has 0 unspecified atom stereocenters. The highest BCUT2D eigenvalue weighted by Gasteiger charge is 2.19. The first-order valence-electron chi connectivity index (χ1n) is 7.69. The van der Waals surface area contributed by atoms with Crippen molar-refractivity contribution in [2.45, 2.75) is 20.4 Å². The molecule has 0 aliphatic heterocycles. The molecule has 0 saturated carbocycles. The lowest BCUT2D eigenvalue weighted by molar-refractivity contribution is -0.116. The fraction of sp³-hybridized carbons (Fsp3) is 0.222. The van der Waals surface area contributed by atoms with Crippen molar-refractivity contribution in [3.8, 4) is 0 Å². The van der Waals surface area contributed by atoms with E-state index < -0.39 is 5.97 Å². The summed E-state index contributed by atoms with van der Waals surface area (Å²) >= 11 is 1.50. The summed E-state index contributed by atoms with van der Waals surface area (Å²) in [5, 5.41) is 5.77. The maximum atomic E-state index is 12.5. The van der Waals surface area contributed by atoms with Gasteiger partial charge in [0.25, 0.3) is 0 Å². The van der Waals surface area contributed by atoms with E-state index in [2.05, 4.69) is 5.32 Å². The zero-order chi connectivity index (χ0) is 17.1. The first-order chi connectivity index (χ1) is 11.6. The van der Waals surface area contributed by atoms with Gasteiger partial charge in [-0.2, -0.15) is 0 Å². The molecular formula is C18H18N2O3S. The number of para-hydroxylation sites is 1. The van der Waals surface area contributed by atoms with Crippen LogP contribution in [0.15, 0.2) is 41.8 Å². The van der Waals surface area contributed by atoms with Crippen LogP contribution >= 0.6 is 11.3 Å². The summed E-state index contributed by atoms with van der Waals surface area (Å²) in [5.74, 6) is -0.592. The van der Waals surface area contributed by atoms with Crippen LogP contribution in [0.5, 0.6) is 0 Å². The third-order valence-corrected chi connectivity index (χ3v) is 4.66. The molecule has 0 atom stereocenters. The largest absolute Gasteiger partial charge is 0.461 e. The molecule has 0 aliphatic rings. The van der Waals surface area contributed by atoms with Crippen molar-refractivity contribution in [3.05, 3.63) is 53.0 Å². The van der Waals surface area contributed by atoms with Crippen molar-refractivity contribution >= 4 is 39.1 Å². The van der Waals surface area contributed by atoms with Crippen molar-refractivity contribution in [2.75, 3.05) is 11.9 Å². The van der Waals surface area contributed by atoms with E-state index in [1.807, 2.05) is 42.6 Å². The maximum absolute atomic E-state index is 12.5. The second-order valence-electron chi connectivity index (χ2n) is 5.38. The normalized spacial score (nSPS) is 10.8. The number of ether oxygens (including phenoxy) is 1. The van der Waals surface area contributed by atoms with E-state index in [9.17, 15) is 9.59 Å². The van der Waals surface area contributed by atoms with Gasteiger partial charge in [0.05, 0.1) is 6.61 Å². The number of amides is 1. The number of aromatic nitrogens is 1. The number of esters is 1.